The smallest absolute Gasteiger partial charge is 0.241 e. The van der Waals surface area contributed by atoms with Gasteiger partial charge in [0.15, 0.2) is 5.82 Å². The molecule has 2 aromatic rings. The van der Waals surface area contributed by atoms with Gasteiger partial charge in [0, 0.05) is 25.3 Å². The van der Waals surface area contributed by atoms with Crippen LogP contribution in [0.15, 0.2) is 24.3 Å². The van der Waals surface area contributed by atoms with Crippen LogP contribution in [0.3, 0.4) is 0 Å². The molecule has 1 aromatic carbocycles. The highest BCUT2D eigenvalue weighted by atomic mass is 35.5. The van der Waals surface area contributed by atoms with Gasteiger partial charge in [0.1, 0.15) is 18.9 Å². The molecule has 124 valence electrons. The van der Waals surface area contributed by atoms with E-state index in [2.05, 4.69) is 20.8 Å². The molecular weight excluding hydrogens is 322 g/mol. The van der Waals surface area contributed by atoms with E-state index in [-0.39, 0.29) is 19.1 Å². The first-order valence-electron chi connectivity index (χ1n) is 7.08. The van der Waals surface area contributed by atoms with E-state index in [1.807, 2.05) is 0 Å². The lowest BCUT2D eigenvalue weighted by Gasteiger charge is -2.08. The first-order chi connectivity index (χ1) is 11.2. The van der Waals surface area contributed by atoms with E-state index in [4.69, 9.17) is 21.1 Å². The highest BCUT2D eigenvalue weighted by Gasteiger charge is 2.11. The van der Waals surface area contributed by atoms with Crippen molar-refractivity contribution < 1.29 is 14.3 Å². The van der Waals surface area contributed by atoms with Crippen LogP contribution in [0, 0.1) is 0 Å². The van der Waals surface area contributed by atoms with Gasteiger partial charge in [-0.25, -0.2) is 4.68 Å². The molecule has 1 heterocycles. The Hall–Kier alpha value is -2.19. The van der Waals surface area contributed by atoms with E-state index in [0.29, 0.717) is 29.7 Å². The predicted octanol–water partition coefficient (Wildman–Crippen LogP) is 1.06. The minimum absolute atomic E-state index is 0.0410. The summed E-state index contributed by atoms with van der Waals surface area (Å²) in [4.78, 5) is 11.8. The summed E-state index contributed by atoms with van der Waals surface area (Å²) in [5.41, 5.74) is 0. The van der Waals surface area contributed by atoms with Crippen LogP contribution >= 0.6 is 11.6 Å². The number of methoxy groups -OCH3 is 1. The molecule has 8 nitrogen and oxygen atoms in total. The number of tetrazole rings is 1. The molecule has 0 atom stereocenters. The molecule has 0 aliphatic carbocycles. The van der Waals surface area contributed by atoms with Crippen LogP contribution in [0.1, 0.15) is 12.2 Å². The van der Waals surface area contributed by atoms with Crippen molar-refractivity contribution in [1.82, 2.24) is 25.5 Å². The van der Waals surface area contributed by atoms with E-state index in [0.717, 1.165) is 6.42 Å². The van der Waals surface area contributed by atoms with Gasteiger partial charge in [0.05, 0.1) is 0 Å². The van der Waals surface area contributed by atoms with E-state index < -0.39 is 0 Å². The molecular formula is C14H18ClN5O3. The Balaban J connectivity index is 1.81. The molecule has 9 heteroatoms. The maximum absolute atomic E-state index is 11.8. The Kier molecular flexibility index (Phi) is 6.76. The minimum atomic E-state index is -0.166. The molecule has 23 heavy (non-hydrogen) atoms. The van der Waals surface area contributed by atoms with Crippen LogP contribution in [-0.4, -0.2) is 46.4 Å². The molecule has 1 amide bonds. The Bertz CT molecular complexity index is 617. The van der Waals surface area contributed by atoms with E-state index in [1.54, 1.807) is 31.4 Å². The number of rotatable bonds is 9. The standard InChI is InChI=1S/C14H18ClN5O3/c1-22-8-2-7-16-14(21)9-20-13(17-18-19-20)10-23-12-5-3-11(15)4-6-12/h3-6H,2,7-10H2,1H3,(H,16,21). The first-order valence-corrected chi connectivity index (χ1v) is 7.46. The van der Waals surface area contributed by atoms with E-state index >= 15 is 0 Å². The molecule has 2 rings (SSSR count). The molecule has 0 spiro atoms. The summed E-state index contributed by atoms with van der Waals surface area (Å²) in [7, 11) is 1.62. The van der Waals surface area contributed by atoms with Crippen molar-refractivity contribution in [2.24, 2.45) is 0 Å². The zero-order valence-electron chi connectivity index (χ0n) is 12.7. The highest BCUT2D eigenvalue weighted by Crippen LogP contribution is 2.16. The Labute approximate surface area is 138 Å². The van der Waals surface area contributed by atoms with Crippen LogP contribution in [-0.2, 0) is 22.7 Å². The summed E-state index contributed by atoms with van der Waals surface area (Å²) in [6.45, 7) is 1.35. The third-order valence-electron chi connectivity index (χ3n) is 2.93. The number of amides is 1. The van der Waals surface area contributed by atoms with Gasteiger partial charge in [-0.15, -0.1) is 5.10 Å². The Morgan fingerprint density at radius 1 is 1.35 bits per heavy atom. The monoisotopic (exact) mass is 339 g/mol. The van der Waals surface area contributed by atoms with Crippen LogP contribution in [0.2, 0.25) is 5.02 Å². The van der Waals surface area contributed by atoms with Crippen molar-refractivity contribution in [1.29, 1.82) is 0 Å². The maximum atomic E-state index is 11.8. The lowest BCUT2D eigenvalue weighted by Crippen LogP contribution is -2.30. The number of benzene rings is 1. The second-order valence-corrected chi connectivity index (χ2v) is 5.13. The fraction of sp³-hybridized carbons (Fsp3) is 0.429. The van der Waals surface area contributed by atoms with E-state index in [9.17, 15) is 4.79 Å². The number of halogens is 1. The second kappa shape index (κ2) is 9.06. The average Bonchev–Trinajstić information content (AvgIpc) is 2.98. The van der Waals surface area contributed by atoms with Crippen molar-refractivity contribution in [3.05, 3.63) is 35.1 Å². The number of aromatic nitrogens is 4. The largest absolute Gasteiger partial charge is 0.486 e. The van der Waals surface area contributed by atoms with Gasteiger partial charge < -0.3 is 14.8 Å². The molecule has 0 unspecified atom stereocenters. The molecule has 0 bridgehead atoms. The van der Waals surface area contributed by atoms with Crippen molar-refractivity contribution >= 4 is 17.5 Å². The van der Waals surface area contributed by atoms with Crippen LogP contribution in [0.25, 0.3) is 0 Å². The van der Waals surface area contributed by atoms with Gasteiger partial charge in [-0.2, -0.15) is 0 Å². The average molecular weight is 340 g/mol. The molecule has 0 aliphatic heterocycles. The summed E-state index contributed by atoms with van der Waals surface area (Å²) in [5, 5.41) is 14.6. The molecule has 1 N–H and O–H groups in total. The lowest BCUT2D eigenvalue weighted by molar-refractivity contribution is -0.121. The predicted molar refractivity (Wildman–Crippen MR) is 83.1 cm³/mol. The second-order valence-electron chi connectivity index (χ2n) is 4.69. The molecule has 0 radical (unpaired) electrons. The summed E-state index contributed by atoms with van der Waals surface area (Å²) in [6.07, 6.45) is 0.754. The van der Waals surface area contributed by atoms with Crippen LogP contribution in [0.5, 0.6) is 5.75 Å². The zero-order chi connectivity index (χ0) is 16.5. The van der Waals surface area contributed by atoms with Gasteiger partial charge in [-0.1, -0.05) is 11.6 Å². The van der Waals surface area contributed by atoms with Gasteiger partial charge in [-0.3, -0.25) is 4.79 Å². The number of nitrogens with zero attached hydrogens (tertiary/aromatic N) is 4. The maximum Gasteiger partial charge on any atom is 0.241 e. The van der Waals surface area contributed by atoms with Gasteiger partial charge >= 0.3 is 0 Å². The number of ether oxygens (including phenoxy) is 2. The SMILES string of the molecule is COCCCNC(=O)Cn1nnnc1COc1ccc(Cl)cc1. The molecule has 1 aromatic heterocycles. The number of carbonyl (C=O) groups is 1. The lowest BCUT2D eigenvalue weighted by atomic mass is 10.3. The van der Waals surface area contributed by atoms with Crippen molar-refractivity contribution in [3.63, 3.8) is 0 Å². The molecule has 0 aliphatic rings. The first kappa shape index (κ1) is 17.2. The molecule has 0 saturated heterocycles. The minimum Gasteiger partial charge on any atom is -0.486 e. The van der Waals surface area contributed by atoms with Crippen LogP contribution < -0.4 is 10.1 Å². The molecule has 0 fully saturated rings. The van der Waals surface area contributed by atoms with Gasteiger partial charge in [0.2, 0.25) is 5.91 Å². The third-order valence-corrected chi connectivity index (χ3v) is 3.18. The Morgan fingerprint density at radius 3 is 2.87 bits per heavy atom. The van der Waals surface area contributed by atoms with Crippen molar-refractivity contribution in [2.75, 3.05) is 20.3 Å². The topological polar surface area (TPSA) is 91.2 Å². The quantitative estimate of drug-likeness (QED) is 0.687. The number of hydrogen-bond donors (Lipinski definition) is 1. The summed E-state index contributed by atoms with van der Waals surface area (Å²) >= 11 is 5.81. The zero-order valence-corrected chi connectivity index (χ0v) is 13.5. The highest BCUT2D eigenvalue weighted by molar-refractivity contribution is 6.30. The van der Waals surface area contributed by atoms with Crippen LogP contribution in [0.4, 0.5) is 0 Å². The number of nitrogens with one attached hydrogen (secondary N) is 1. The normalized spacial score (nSPS) is 10.5. The summed E-state index contributed by atoms with van der Waals surface area (Å²) in [6, 6.07) is 6.96. The summed E-state index contributed by atoms with van der Waals surface area (Å²) in [5.74, 6) is 0.945. The molecule has 0 saturated carbocycles. The van der Waals surface area contributed by atoms with Crippen molar-refractivity contribution in [3.8, 4) is 5.75 Å². The van der Waals surface area contributed by atoms with Gasteiger partial charge in [0.25, 0.3) is 0 Å². The summed E-state index contributed by atoms with van der Waals surface area (Å²) < 4.78 is 11.9. The number of carbonyl (C=O) groups excluding carboxylic acids is 1. The van der Waals surface area contributed by atoms with E-state index in [1.165, 1.54) is 4.68 Å². The fourth-order valence-electron chi connectivity index (χ4n) is 1.76. The van der Waals surface area contributed by atoms with Gasteiger partial charge in [-0.05, 0) is 41.1 Å². The number of hydrogen-bond acceptors (Lipinski definition) is 6. The third kappa shape index (κ3) is 5.84. The van der Waals surface area contributed by atoms with Crippen molar-refractivity contribution in [2.45, 2.75) is 19.6 Å². The Morgan fingerprint density at radius 2 is 2.13 bits per heavy atom. The fourth-order valence-corrected chi connectivity index (χ4v) is 1.89.